The van der Waals surface area contributed by atoms with Gasteiger partial charge in [0.05, 0.1) is 16.9 Å². The number of aromatic amines is 1. The molecule has 0 bridgehead atoms. The molecule has 0 radical (unpaired) electrons. The summed E-state index contributed by atoms with van der Waals surface area (Å²) in [6.45, 7) is 5.00. The van der Waals surface area contributed by atoms with Gasteiger partial charge in [0.15, 0.2) is 5.82 Å². The predicted octanol–water partition coefficient (Wildman–Crippen LogP) is 2.57. The standard InChI is InChI=1S/C25H27FN6O2S/c26-17-3-4-18-20(12-17)28-29-23(18)31-9-7-30(8-10-31)13-15-1-2-16-14-32(25(35)19(16)11-15)21-5-6-22(33)27-24(21)34/h1-4,11-12,21,25,35H,5-10,13-14H2,(H,28,29)(H,27,33,34). The fourth-order valence-corrected chi connectivity index (χ4v) is 5.95. The Labute approximate surface area is 207 Å². The molecule has 2 atom stereocenters. The number of nitrogens with one attached hydrogen (secondary N) is 2. The molecule has 182 valence electrons. The Morgan fingerprint density at radius 2 is 1.91 bits per heavy atom. The quantitative estimate of drug-likeness (QED) is 0.382. The molecular formula is C25H27FN6O2S. The molecule has 3 aromatic rings. The molecule has 4 heterocycles. The van der Waals surface area contributed by atoms with Gasteiger partial charge in [0.1, 0.15) is 5.82 Å². The Morgan fingerprint density at radius 1 is 1.09 bits per heavy atom. The summed E-state index contributed by atoms with van der Waals surface area (Å²) in [7, 11) is 0. The van der Waals surface area contributed by atoms with Gasteiger partial charge in [-0.3, -0.25) is 29.8 Å². The lowest BCUT2D eigenvalue weighted by molar-refractivity contribution is -0.137. The number of anilines is 1. The van der Waals surface area contributed by atoms with Crippen LogP contribution in [0.5, 0.6) is 0 Å². The summed E-state index contributed by atoms with van der Waals surface area (Å²) in [6, 6.07) is 10.9. The lowest BCUT2D eigenvalue weighted by atomic mass is 10.0. The highest BCUT2D eigenvalue weighted by atomic mass is 32.1. The van der Waals surface area contributed by atoms with Crippen LogP contribution in [0.2, 0.25) is 0 Å². The molecule has 6 rings (SSSR count). The summed E-state index contributed by atoms with van der Waals surface area (Å²) >= 11 is 4.84. The van der Waals surface area contributed by atoms with Crippen LogP contribution in [0.4, 0.5) is 10.2 Å². The van der Waals surface area contributed by atoms with Gasteiger partial charge in [-0.1, -0.05) is 18.2 Å². The number of imide groups is 1. The van der Waals surface area contributed by atoms with E-state index in [0.29, 0.717) is 24.9 Å². The molecule has 35 heavy (non-hydrogen) atoms. The van der Waals surface area contributed by atoms with Crippen molar-refractivity contribution in [3.05, 3.63) is 58.9 Å². The van der Waals surface area contributed by atoms with Crippen molar-refractivity contribution in [2.24, 2.45) is 0 Å². The van der Waals surface area contributed by atoms with E-state index < -0.39 is 0 Å². The number of halogens is 1. The van der Waals surface area contributed by atoms with Crippen LogP contribution >= 0.6 is 12.6 Å². The van der Waals surface area contributed by atoms with Crippen LogP contribution in [0.25, 0.3) is 10.9 Å². The third-order valence-electron chi connectivity index (χ3n) is 7.35. The number of hydrogen-bond acceptors (Lipinski definition) is 7. The number of benzene rings is 2. The Balaban J connectivity index is 1.10. The number of nitrogens with zero attached hydrogens (tertiary/aromatic N) is 4. The summed E-state index contributed by atoms with van der Waals surface area (Å²) in [5.41, 5.74) is 4.27. The van der Waals surface area contributed by atoms with E-state index in [2.05, 4.69) is 48.4 Å². The highest BCUT2D eigenvalue weighted by molar-refractivity contribution is 7.80. The average molecular weight is 495 g/mol. The summed E-state index contributed by atoms with van der Waals surface area (Å²) in [5.74, 6) is 0.190. The van der Waals surface area contributed by atoms with Crippen LogP contribution < -0.4 is 10.2 Å². The number of carbonyl (C=O) groups excluding carboxylic acids is 2. The highest BCUT2D eigenvalue weighted by Gasteiger charge is 2.39. The summed E-state index contributed by atoms with van der Waals surface area (Å²) < 4.78 is 13.5. The van der Waals surface area contributed by atoms with Crippen molar-refractivity contribution in [1.82, 2.24) is 25.3 Å². The molecule has 0 saturated carbocycles. The van der Waals surface area contributed by atoms with Crippen LogP contribution in [0.1, 0.15) is 34.9 Å². The lowest BCUT2D eigenvalue weighted by Gasteiger charge is -2.35. The van der Waals surface area contributed by atoms with Gasteiger partial charge in [-0.15, -0.1) is 0 Å². The fourth-order valence-electron chi connectivity index (χ4n) is 5.46. The number of H-pyrrole nitrogens is 1. The molecule has 0 aliphatic carbocycles. The van der Waals surface area contributed by atoms with Gasteiger partial charge in [-0.25, -0.2) is 4.39 Å². The minimum atomic E-state index is -0.325. The van der Waals surface area contributed by atoms with Crippen molar-refractivity contribution in [3.8, 4) is 0 Å². The monoisotopic (exact) mass is 494 g/mol. The highest BCUT2D eigenvalue weighted by Crippen LogP contribution is 2.39. The molecule has 0 spiro atoms. The molecule has 10 heteroatoms. The van der Waals surface area contributed by atoms with Gasteiger partial charge in [-0.05, 0) is 41.3 Å². The second kappa shape index (κ2) is 8.92. The normalized spacial score (nSPS) is 23.7. The Hall–Kier alpha value is -2.95. The number of hydrogen-bond donors (Lipinski definition) is 3. The van der Waals surface area contributed by atoms with Crippen LogP contribution in [0.15, 0.2) is 36.4 Å². The first-order valence-electron chi connectivity index (χ1n) is 12.0. The van der Waals surface area contributed by atoms with E-state index in [-0.39, 0.29) is 29.0 Å². The van der Waals surface area contributed by atoms with E-state index in [1.54, 1.807) is 6.07 Å². The lowest BCUT2D eigenvalue weighted by Crippen LogP contribution is -2.51. The van der Waals surface area contributed by atoms with E-state index in [1.807, 2.05) is 0 Å². The minimum absolute atomic E-state index is 0.163. The van der Waals surface area contributed by atoms with E-state index in [0.717, 1.165) is 49.5 Å². The zero-order valence-corrected chi connectivity index (χ0v) is 20.1. The van der Waals surface area contributed by atoms with Crippen LogP contribution in [-0.2, 0) is 22.7 Å². The zero-order chi connectivity index (χ0) is 24.1. The molecule has 3 aliphatic rings. The van der Waals surface area contributed by atoms with Crippen LogP contribution in [-0.4, -0.2) is 64.0 Å². The molecule has 2 amide bonds. The number of fused-ring (bicyclic) bond motifs is 2. The number of piperazine rings is 1. The molecule has 3 aliphatic heterocycles. The molecule has 2 aromatic carbocycles. The Bertz CT molecular complexity index is 1300. The fraction of sp³-hybridized carbons (Fsp3) is 0.400. The second-order valence-corrected chi connectivity index (χ2v) is 10.0. The van der Waals surface area contributed by atoms with Crippen LogP contribution in [0.3, 0.4) is 0 Å². The third-order valence-corrected chi connectivity index (χ3v) is 7.92. The van der Waals surface area contributed by atoms with Gasteiger partial charge in [0.25, 0.3) is 0 Å². The maximum absolute atomic E-state index is 13.5. The first-order valence-corrected chi connectivity index (χ1v) is 12.5. The topological polar surface area (TPSA) is 84.6 Å². The van der Waals surface area contributed by atoms with E-state index in [4.69, 9.17) is 12.6 Å². The van der Waals surface area contributed by atoms with E-state index in [9.17, 15) is 14.0 Å². The van der Waals surface area contributed by atoms with Crippen molar-refractivity contribution in [3.63, 3.8) is 0 Å². The van der Waals surface area contributed by atoms with Gasteiger partial charge >= 0.3 is 0 Å². The van der Waals surface area contributed by atoms with E-state index in [1.165, 1.54) is 23.3 Å². The number of thiol groups is 1. The first kappa shape index (κ1) is 22.5. The van der Waals surface area contributed by atoms with Crippen molar-refractivity contribution in [1.29, 1.82) is 0 Å². The number of piperidine rings is 1. The molecule has 1 aromatic heterocycles. The second-order valence-electron chi connectivity index (χ2n) is 9.55. The van der Waals surface area contributed by atoms with Gasteiger partial charge in [0, 0.05) is 51.1 Å². The van der Waals surface area contributed by atoms with Crippen molar-refractivity contribution < 1.29 is 14.0 Å². The molecule has 2 unspecified atom stereocenters. The zero-order valence-electron chi connectivity index (χ0n) is 19.2. The van der Waals surface area contributed by atoms with E-state index >= 15 is 0 Å². The maximum Gasteiger partial charge on any atom is 0.243 e. The third kappa shape index (κ3) is 4.19. The predicted molar refractivity (Wildman–Crippen MR) is 133 cm³/mol. The number of amides is 2. The smallest absolute Gasteiger partial charge is 0.243 e. The first-order chi connectivity index (χ1) is 17.0. The van der Waals surface area contributed by atoms with Crippen molar-refractivity contribution >= 4 is 41.2 Å². The van der Waals surface area contributed by atoms with Gasteiger partial charge in [-0.2, -0.15) is 17.7 Å². The number of rotatable bonds is 4. The molecular weight excluding hydrogens is 467 g/mol. The molecule has 2 N–H and O–H groups in total. The Morgan fingerprint density at radius 3 is 2.71 bits per heavy atom. The summed E-state index contributed by atoms with van der Waals surface area (Å²) in [6.07, 6.45) is 0.902. The van der Waals surface area contributed by atoms with Crippen molar-refractivity contribution in [2.45, 2.75) is 37.3 Å². The number of carbonyl (C=O) groups is 2. The number of aromatic nitrogens is 2. The van der Waals surface area contributed by atoms with Crippen LogP contribution in [0, 0.1) is 5.82 Å². The largest absolute Gasteiger partial charge is 0.352 e. The molecule has 2 saturated heterocycles. The Kier molecular flexibility index (Phi) is 5.74. The van der Waals surface area contributed by atoms with Crippen molar-refractivity contribution in [2.75, 3.05) is 31.1 Å². The average Bonchev–Trinajstić information content (AvgIpc) is 3.40. The maximum atomic E-state index is 13.5. The van der Waals surface area contributed by atoms with Gasteiger partial charge in [0.2, 0.25) is 11.8 Å². The molecule has 8 nitrogen and oxygen atoms in total. The SMILES string of the molecule is O=C1CCC(N2Cc3ccc(CN4CCN(c5n[nH]c6cc(F)ccc56)CC4)cc3C2S)C(=O)N1. The minimum Gasteiger partial charge on any atom is -0.352 e. The molecule has 2 fully saturated rings. The summed E-state index contributed by atoms with van der Waals surface area (Å²) in [4.78, 5) is 30.7. The van der Waals surface area contributed by atoms with Gasteiger partial charge < -0.3 is 4.90 Å². The summed E-state index contributed by atoms with van der Waals surface area (Å²) in [5, 5.41) is 10.6.